The van der Waals surface area contributed by atoms with Crippen molar-refractivity contribution in [3.63, 3.8) is 0 Å². The number of piperidine rings is 1. The third-order valence-corrected chi connectivity index (χ3v) is 3.90. The highest BCUT2D eigenvalue weighted by molar-refractivity contribution is 5.91. The smallest absolute Gasteiger partial charge is 0.329 e. The number of carbonyl (C=O) groups excluding carboxylic acids is 2. The zero-order valence-corrected chi connectivity index (χ0v) is 11.6. The Bertz CT molecular complexity index is 414. The molecule has 1 unspecified atom stereocenters. The fourth-order valence-corrected chi connectivity index (χ4v) is 2.42. The molecule has 7 heteroatoms. The van der Waals surface area contributed by atoms with Crippen LogP contribution in [0, 0.1) is 0 Å². The lowest BCUT2D eigenvalue weighted by atomic mass is 10.1. The molecule has 2 rings (SSSR count). The number of nitrogens with one attached hydrogen (secondary N) is 2. The Hall–Kier alpha value is -1.79. The molecule has 1 aliphatic carbocycles. The summed E-state index contributed by atoms with van der Waals surface area (Å²) in [5.41, 5.74) is -1.13. The first-order valence-electron chi connectivity index (χ1n) is 7.05. The summed E-state index contributed by atoms with van der Waals surface area (Å²) in [6, 6.07) is -1.24. The zero-order valence-electron chi connectivity index (χ0n) is 11.6. The van der Waals surface area contributed by atoms with Crippen LogP contribution in [-0.4, -0.2) is 52.6 Å². The third kappa shape index (κ3) is 3.20. The number of hydrogen-bond donors (Lipinski definition) is 3. The number of urea groups is 1. The number of carboxylic acid groups (broad SMARTS) is 1. The van der Waals surface area contributed by atoms with Crippen LogP contribution < -0.4 is 10.6 Å². The van der Waals surface area contributed by atoms with E-state index >= 15 is 0 Å². The molecule has 3 N–H and O–H groups in total. The van der Waals surface area contributed by atoms with Crippen molar-refractivity contribution >= 4 is 17.9 Å². The molecule has 1 saturated heterocycles. The molecular formula is C13H21N3O4. The number of carbonyl (C=O) groups is 3. The van der Waals surface area contributed by atoms with E-state index in [1.165, 1.54) is 0 Å². The minimum Gasteiger partial charge on any atom is -0.480 e. The predicted octanol–water partition coefficient (Wildman–Crippen LogP) is 0.304. The van der Waals surface area contributed by atoms with Gasteiger partial charge in [0.25, 0.3) is 0 Å². The first-order chi connectivity index (χ1) is 9.44. The maximum Gasteiger partial charge on any atom is 0.329 e. The maximum atomic E-state index is 12.1. The lowest BCUT2D eigenvalue weighted by Gasteiger charge is -2.29. The molecule has 112 valence electrons. The Morgan fingerprint density at radius 1 is 1.15 bits per heavy atom. The fourth-order valence-electron chi connectivity index (χ4n) is 2.42. The number of aliphatic carboxylic acids is 1. The Kier molecular flexibility index (Phi) is 4.15. The minimum absolute atomic E-state index is 0.111. The van der Waals surface area contributed by atoms with Crippen LogP contribution in [0.4, 0.5) is 4.79 Å². The molecule has 1 aliphatic heterocycles. The Balaban J connectivity index is 1.81. The van der Waals surface area contributed by atoms with Crippen molar-refractivity contribution in [2.45, 2.75) is 50.6 Å². The fraction of sp³-hybridized carbons (Fsp3) is 0.769. The van der Waals surface area contributed by atoms with Crippen LogP contribution in [0.3, 0.4) is 0 Å². The van der Waals surface area contributed by atoms with E-state index in [4.69, 9.17) is 5.11 Å². The molecule has 0 aromatic rings. The molecule has 0 aromatic carbocycles. The summed E-state index contributed by atoms with van der Waals surface area (Å²) in [4.78, 5) is 36.6. The van der Waals surface area contributed by atoms with Crippen LogP contribution in [0.1, 0.15) is 39.0 Å². The maximum absolute atomic E-state index is 12.1. The van der Waals surface area contributed by atoms with Crippen molar-refractivity contribution < 1.29 is 19.5 Å². The van der Waals surface area contributed by atoms with Gasteiger partial charge < -0.3 is 20.6 Å². The van der Waals surface area contributed by atoms with Crippen molar-refractivity contribution in [2.75, 3.05) is 13.1 Å². The lowest BCUT2D eigenvalue weighted by molar-refractivity contribution is -0.140. The van der Waals surface area contributed by atoms with Crippen LogP contribution >= 0.6 is 0 Å². The van der Waals surface area contributed by atoms with Gasteiger partial charge in [0.05, 0.1) is 0 Å². The molecule has 1 atom stereocenters. The molecule has 2 fully saturated rings. The average Bonchev–Trinajstić information content (AvgIpc) is 3.19. The van der Waals surface area contributed by atoms with E-state index in [9.17, 15) is 14.4 Å². The number of nitrogens with zero attached hydrogens (tertiary/aromatic N) is 1. The Labute approximate surface area is 117 Å². The van der Waals surface area contributed by atoms with Gasteiger partial charge in [-0.2, -0.15) is 0 Å². The molecule has 0 radical (unpaired) electrons. The molecule has 20 heavy (non-hydrogen) atoms. The largest absolute Gasteiger partial charge is 0.480 e. The van der Waals surface area contributed by atoms with Crippen molar-refractivity contribution in [1.29, 1.82) is 0 Å². The molecule has 7 nitrogen and oxygen atoms in total. The van der Waals surface area contributed by atoms with Crippen LogP contribution in [0.2, 0.25) is 0 Å². The Morgan fingerprint density at radius 3 is 2.25 bits per heavy atom. The van der Waals surface area contributed by atoms with E-state index in [1.54, 1.807) is 11.8 Å². The van der Waals surface area contributed by atoms with Crippen molar-refractivity contribution in [3.8, 4) is 0 Å². The summed E-state index contributed by atoms with van der Waals surface area (Å²) in [6.07, 6.45) is 3.99. The SMILES string of the molecule is CC(NC(=O)NC1(C(=O)O)CC1)C(=O)N1CCCCC1. The molecule has 3 amide bonds. The molecule has 0 spiro atoms. The number of amides is 3. The van der Waals surface area contributed by atoms with E-state index in [-0.39, 0.29) is 5.91 Å². The van der Waals surface area contributed by atoms with Crippen LogP contribution in [0.25, 0.3) is 0 Å². The normalized spacial score (nSPS) is 21.8. The highest BCUT2D eigenvalue weighted by Crippen LogP contribution is 2.35. The quantitative estimate of drug-likeness (QED) is 0.691. The molecule has 0 bridgehead atoms. The van der Waals surface area contributed by atoms with Gasteiger partial charge in [-0.15, -0.1) is 0 Å². The standard InChI is InChI=1S/C13H21N3O4/c1-9(10(17)16-7-3-2-4-8-16)14-12(20)15-13(5-6-13)11(18)19/h9H,2-8H2,1H3,(H,18,19)(H2,14,15,20). The van der Waals surface area contributed by atoms with Gasteiger partial charge in [-0.1, -0.05) is 0 Å². The van der Waals surface area contributed by atoms with E-state index in [2.05, 4.69) is 10.6 Å². The predicted molar refractivity (Wildman–Crippen MR) is 71.2 cm³/mol. The first kappa shape index (κ1) is 14.6. The van der Waals surface area contributed by atoms with Gasteiger partial charge in [0.2, 0.25) is 5.91 Å². The van der Waals surface area contributed by atoms with E-state index in [0.717, 1.165) is 32.4 Å². The monoisotopic (exact) mass is 283 g/mol. The van der Waals surface area contributed by atoms with Crippen LogP contribution in [-0.2, 0) is 9.59 Å². The number of likely N-dealkylation sites (tertiary alicyclic amines) is 1. The van der Waals surface area contributed by atoms with Crippen LogP contribution in [0.5, 0.6) is 0 Å². The highest BCUT2D eigenvalue weighted by atomic mass is 16.4. The van der Waals surface area contributed by atoms with Gasteiger partial charge in [0.1, 0.15) is 11.6 Å². The van der Waals surface area contributed by atoms with Crippen molar-refractivity contribution in [1.82, 2.24) is 15.5 Å². The second-order valence-electron chi connectivity index (χ2n) is 5.59. The second-order valence-corrected chi connectivity index (χ2v) is 5.59. The first-order valence-corrected chi connectivity index (χ1v) is 7.05. The third-order valence-electron chi connectivity index (χ3n) is 3.90. The van der Waals surface area contributed by atoms with Gasteiger partial charge in [-0.05, 0) is 39.0 Å². The molecule has 1 saturated carbocycles. The van der Waals surface area contributed by atoms with Gasteiger partial charge >= 0.3 is 12.0 Å². The lowest BCUT2D eigenvalue weighted by Crippen LogP contribution is -2.54. The second kappa shape index (κ2) is 5.68. The summed E-state index contributed by atoms with van der Waals surface area (Å²) in [5.74, 6) is -1.14. The Morgan fingerprint density at radius 2 is 1.75 bits per heavy atom. The van der Waals surface area contributed by atoms with Gasteiger partial charge in [-0.25, -0.2) is 9.59 Å². The van der Waals surface area contributed by atoms with Gasteiger partial charge in [0, 0.05) is 13.1 Å². The highest BCUT2D eigenvalue weighted by Gasteiger charge is 2.51. The molecular weight excluding hydrogens is 262 g/mol. The van der Waals surface area contributed by atoms with E-state index in [1.807, 2.05) is 0 Å². The topological polar surface area (TPSA) is 98.7 Å². The zero-order chi connectivity index (χ0) is 14.8. The summed E-state index contributed by atoms with van der Waals surface area (Å²) >= 11 is 0. The van der Waals surface area contributed by atoms with Gasteiger partial charge in [-0.3, -0.25) is 4.79 Å². The van der Waals surface area contributed by atoms with Gasteiger partial charge in [0.15, 0.2) is 0 Å². The summed E-state index contributed by atoms with van der Waals surface area (Å²) < 4.78 is 0. The number of carboxylic acids is 1. The summed E-state index contributed by atoms with van der Waals surface area (Å²) in [6.45, 7) is 3.08. The van der Waals surface area contributed by atoms with E-state index < -0.39 is 23.6 Å². The molecule has 2 aliphatic rings. The number of rotatable bonds is 4. The molecule has 1 heterocycles. The summed E-state index contributed by atoms with van der Waals surface area (Å²) in [5, 5.41) is 13.9. The van der Waals surface area contributed by atoms with Crippen molar-refractivity contribution in [3.05, 3.63) is 0 Å². The average molecular weight is 283 g/mol. The summed E-state index contributed by atoms with van der Waals surface area (Å²) in [7, 11) is 0. The molecule has 0 aromatic heterocycles. The van der Waals surface area contributed by atoms with E-state index in [0.29, 0.717) is 12.8 Å². The van der Waals surface area contributed by atoms with Crippen molar-refractivity contribution in [2.24, 2.45) is 0 Å². The van der Waals surface area contributed by atoms with Crippen LogP contribution in [0.15, 0.2) is 0 Å². The number of hydrogen-bond acceptors (Lipinski definition) is 3. The minimum atomic E-state index is -1.13.